The first-order valence-corrected chi connectivity index (χ1v) is 8.19. The van der Waals surface area contributed by atoms with E-state index in [0.717, 1.165) is 12.8 Å². The SMILES string of the molecule is CN1C2CCC1CC(C(O)c1ccc(Br)c(Cl)c1F)C2. The molecule has 0 spiro atoms. The molecule has 2 heterocycles. The maximum absolute atomic E-state index is 14.2. The minimum absolute atomic E-state index is 0.0532. The lowest BCUT2D eigenvalue weighted by Gasteiger charge is -2.38. The molecule has 0 aromatic heterocycles. The highest BCUT2D eigenvalue weighted by molar-refractivity contribution is 9.10. The van der Waals surface area contributed by atoms with Gasteiger partial charge in [0.25, 0.3) is 0 Å². The molecule has 0 radical (unpaired) electrons. The van der Waals surface area contributed by atoms with Gasteiger partial charge in [0.15, 0.2) is 0 Å². The summed E-state index contributed by atoms with van der Waals surface area (Å²) >= 11 is 9.12. The van der Waals surface area contributed by atoms with Gasteiger partial charge < -0.3 is 10.0 Å². The van der Waals surface area contributed by atoms with Gasteiger partial charge >= 0.3 is 0 Å². The van der Waals surface area contributed by atoms with Crippen LogP contribution in [0.15, 0.2) is 16.6 Å². The van der Waals surface area contributed by atoms with Gasteiger partial charge in [0.05, 0.1) is 11.1 Å². The molecule has 2 aliphatic rings. The Morgan fingerprint density at radius 2 is 1.95 bits per heavy atom. The lowest BCUT2D eigenvalue weighted by molar-refractivity contribution is 0.0337. The molecule has 20 heavy (non-hydrogen) atoms. The van der Waals surface area contributed by atoms with Crippen LogP contribution in [0, 0.1) is 11.7 Å². The van der Waals surface area contributed by atoms with E-state index in [-0.39, 0.29) is 10.9 Å². The van der Waals surface area contributed by atoms with Crippen LogP contribution >= 0.6 is 27.5 Å². The minimum Gasteiger partial charge on any atom is -0.388 e. The first-order valence-electron chi connectivity index (χ1n) is 7.02. The number of halogens is 3. The molecule has 2 bridgehead atoms. The molecule has 2 saturated heterocycles. The summed E-state index contributed by atoms with van der Waals surface area (Å²) in [5, 5.41) is 10.6. The topological polar surface area (TPSA) is 23.5 Å². The van der Waals surface area contributed by atoms with Crippen LogP contribution in [-0.2, 0) is 0 Å². The second-order valence-corrected chi connectivity index (χ2v) is 7.22. The number of aliphatic hydroxyl groups is 1. The van der Waals surface area contributed by atoms with Crippen molar-refractivity contribution in [3.8, 4) is 0 Å². The summed E-state index contributed by atoms with van der Waals surface area (Å²) in [6, 6.07) is 4.40. The van der Waals surface area contributed by atoms with Crippen LogP contribution in [0.2, 0.25) is 5.02 Å². The molecule has 2 nitrogen and oxygen atoms in total. The van der Waals surface area contributed by atoms with E-state index in [2.05, 4.69) is 27.9 Å². The maximum Gasteiger partial charge on any atom is 0.148 e. The van der Waals surface area contributed by atoms with Gasteiger partial charge in [-0.1, -0.05) is 17.7 Å². The Morgan fingerprint density at radius 1 is 1.35 bits per heavy atom. The van der Waals surface area contributed by atoms with Crippen molar-refractivity contribution >= 4 is 27.5 Å². The molecule has 3 unspecified atom stereocenters. The van der Waals surface area contributed by atoms with Crippen molar-refractivity contribution in [3.05, 3.63) is 33.0 Å². The zero-order valence-corrected chi connectivity index (χ0v) is 13.7. The van der Waals surface area contributed by atoms with Gasteiger partial charge in [-0.05, 0) is 60.6 Å². The van der Waals surface area contributed by atoms with E-state index in [1.54, 1.807) is 12.1 Å². The number of hydrogen-bond acceptors (Lipinski definition) is 2. The zero-order chi connectivity index (χ0) is 14.4. The first-order chi connectivity index (χ1) is 9.49. The van der Waals surface area contributed by atoms with Crippen molar-refractivity contribution < 1.29 is 9.50 Å². The monoisotopic (exact) mass is 361 g/mol. The van der Waals surface area contributed by atoms with Crippen LogP contribution in [0.5, 0.6) is 0 Å². The number of rotatable bonds is 2. The Hall–Kier alpha value is -0.160. The second-order valence-electron chi connectivity index (χ2n) is 5.99. The van der Waals surface area contributed by atoms with E-state index < -0.39 is 11.9 Å². The van der Waals surface area contributed by atoms with Crippen molar-refractivity contribution in [3.63, 3.8) is 0 Å². The highest BCUT2D eigenvalue weighted by atomic mass is 79.9. The molecule has 1 aromatic rings. The molecule has 3 atom stereocenters. The fraction of sp³-hybridized carbons (Fsp3) is 0.600. The van der Waals surface area contributed by atoms with Gasteiger partial charge in [0.1, 0.15) is 5.82 Å². The van der Waals surface area contributed by atoms with Crippen LogP contribution < -0.4 is 0 Å². The second kappa shape index (κ2) is 5.56. The molecule has 1 aromatic carbocycles. The molecular weight excluding hydrogens is 345 g/mol. The van der Waals surface area contributed by atoms with Crippen LogP contribution in [0.1, 0.15) is 37.4 Å². The highest BCUT2D eigenvalue weighted by Gasteiger charge is 2.41. The fourth-order valence-corrected chi connectivity index (χ4v) is 4.21. The smallest absolute Gasteiger partial charge is 0.148 e. The number of hydrogen-bond donors (Lipinski definition) is 1. The summed E-state index contributed by atoms with van der Waals surface area (Å²) < 4.78 is 14.7. The lowest BCUT2D eigenvalue weighted by Crippen LogP contribution is -2.41. The summed E-state index contributed by atoms with van der Waals surface area (Å²) in [7, 11) is 2.15. The molecule has 0 amide bonds. The van der Waals surface area contributed by atoms with E-state index in [1.165, 1.54) is 12.8 Å². The quantitative estimate of drug-likeness (QED) is 0.799. The third-order valence-electron chi connectivity index (χ3n) is 4.96. The van der Waals surface area contributed by atoms with Gasteiger partial charge in [-0.2, -0.15) is 0 Å². The van der Waals surface area contributed by atoms with E-state index in [4.69, 9.17) is 11.6 Å². The summed E-state index contributed by atoms with van der Waals surface area (Å²) in [6.45, 7) is 0. The van der Waals surface area contributed by atoms with E-state index in [9.17, 15) is 9.50 Å². The number of piperidine rings is 1. The van der Waals surface area contributed by atoms with Gasteiger partial charge in [-0.3, -0.25) is 0 Å². The van der Waals surface area contributed by atoms with E-state index >= 15 is 0 Å². The summed E-state index contributed by atoms with van der Waals surface area (Å²) in [5.74, 6) is -0.379. The Kier molecular flexibility index (Phi) is 4.10. The third-order valence-corrected chi connectivity index (χ3v) is 6.22. The van der Waals surface area contributed by atoms with E-state index in [1.807, 2.05) is 0 Å². The summed E-state index contributed by atoms with van der Waals surface area (Å²) in [4.78, 5) is 2.41. The van der Waals surface area contributed by atoms with Crippen LogP contribution in [0.4, 0.5) is 4.39 Å². The number of aliphatic hydroxyl groups excluding tert-OH is 1. The normalized spacial score (nSPS) is 31.6. The molecule has 5 heteroatoms. The van der Waals surface area contributed by atoms with Gasteiger partial charge in [0, 0.05) is 22.1 Å². The van der Waals surface area contributed by atoms with Gasteiger partial charge in [-0.25, -0.2) is 4.39 Å². The predicted molar refractivity (Wildman–Crippen MR) is 81.4 cm³/mol. The Morgan fingerprint density at radius 3 is 2.55 bits per heavy atom. The first kappa shape index (κ1) is 14.8. The summed E-state index contributed by atoms with van der Waals surface area (Å²) in [6.07, 6.45) is 3.47. The van der Waals surface area contributed by atoms with Crippen molar-refractivity contribution in [2.45, 2.75) is 43.9 Å². The highest BCUT2D eigenvalue weighted by Crippen LogP contribution is 2.43. The molecule has 3 rings (SSSR count). The van der Waals surface area contributed by atoms with Crippen molar-refractivity contribution in [1.82, 2.24) is 4.90 Å². The average Bonchev–Trinajstić information content (AvgIpc) is 2.66. The van der Waals surface area contributed by atoms with Crippen LogP contribution in [-0.4, -0.2) is 29.1 Å². The maximum atomic E-state index is 14.2. The average molecular weight is 363 g/mol. The van der Waals surface area contributed by atoms with Crippen LogP contribution in [0.3, 0.4) is 0 Å². The predicted octanol–water partition coefficient (Wildman–Crippen LogP) is 4.15. The Bertz CT molecular complexity index is 513. The fourth-order valence-electron chi connectivity index (χ4n) is 3.73. The molecule has 2 aliphatic heterocycles. The lowest BCUT2D eigenvalue weighted by atomic mass is 9.83. The largest absolute Gasteiger partial charge is 0.388 e. The molecule has 1 N–H and O–H groups in total. The number of benzene rings is 1. The zero-order valence-electron chi connectivity index (χ0n) is 11.3. The molecule has 0 aliphatic carbocycles. The Labute approximate surface area is 132 Å². The van der Waals surface area contributed by atoms with E-state index in [0.29, 0.717) is 22.1 Å². The van der Waals surface area contributed by atoms with Gasteiger partial charge in [0.2, 0.25) is 0 Å². The van der Waals surface area contributed by atoms with Gasteiger partial charge in [-0.15, -0.1) is 0 Å². The number of nitrogens with zero attached hydrogens (tertiary/aromatic N) is 1. The van der Waals surface area contributed by atoms with Crippen LogP contribution in [0.25, 0.3) is 0 Å². The minimum atomic E-state index is -0.766. The number of fused-ring (bicyclic) bond motifs is 2. The standard InChI is InChI=1S/C15H18BrClFNO/c1-19-9-2-3-10(19)7-8(6-9)15(20)11-4-5-12(16)13(17)14(11)18/h4-5,8-10,15,20H,2-3,6-7H2,1H3. The third kappa shape index (κ3) is 2.41. The van der Waals surface area contributed by atoms with Crippen molar-refractivity contribution in [1.29, 1.82) is 0 Å². The molecule has 0 saturated carbocycles. The molecule has 110 valence electrons. The van der Waals surface area contributed by atoms with Crippen molar-refractivity contribution in [2.75, 3.05) is 7.05 Å². The van der Waals surface area contributed by atoms with Crippen molar-refractivity contribution in [2.24, 2.45) is 5.92 Å². The molecular formula is C15H18BrClFNO. The summed E-state index contributed by atoms with van der Waals surface area (Å²) in [5.41, 5.74) is 0.326. The molecule has 2 fully saturated rings. The Balaban J connectivity index is 1.83.